The minimum atomic E-state index is 0.806. The Hall–Kier alpha value is -1.72. The Kier molecular flexibility index (Phi) is 4.31. The molecule has 0 bridgehead atoms. The van der Waals surface area contributed by atoms with Crippen LogP contribution in [0.4, 0.5) is 0 Å². The second-order valence-electron chi connectivity index (χ2n) is 5.15. The zero-order valence-electron chi connectivity index (χ0n) is 12.3. The van der Waals surface area contributed by atoms with Crippen LogP contribution in [0.15, 0.2) is 28.7 Å². The van der Waals surface area contributed by atoms with Gasteiger partial charge in [-0.2, -0.15) is 0 Å². The van der Waals surface area contributed by atoms with Gasteiger partial charge >= 0.3 is 0 Å². The van der Waals surface area contributed by atoms with E-state index in [0.717, 1.165) is 52.7 Å². The highest BCUT2D eigenvalue weighted by molar-refractivity contribution is 7.14. The summed E-state index contributed by atoms with van der Waals surface area (Å²) in [6, 6.07) is 8.23. The molecule has 0 saturated heterocycles. The van der Waals surface area contributed by atoms with Crippen LogP contribution < -0.4 is 5.32 Å². The number of nitrogens with zero attached hydrogens (tertiary/aromatic N) is 2. The van der Waals surface area contributed by atoms with Gasteiger partial charge in [-0.1, -0.05) is 29.9 Å². The standard InChI is InChI=1S/C16H19N3OS/c1-3-7-17-8-6-15-18-19-16(21-15)14-10-12-9-11(2)4-5-13(12)20-14/h4-5,9-10,17H,3,6-8H2,1-2H3. The Balaban J connectivity index is 1.75. The fourth-order valence-corrected chi connectivity index (χ4v) is 3.01. The maximum atomic E-state index is 5.86. The summed E-state index contributed by atoms with van der Waals surface area (Å²) in [6.07, 6.45) is 2.07. The Morgan fingerprint density at radius 2 is 2.10 bits per heavy atom. The van der Waals surface area contributed by atoms with E-state index < -0.39 is 0 Å². The van der Waals surface area contributed by atoms with Crippen LogP contribution in [0.1, 0.15) is 23.9 Å². The van der Waals surface area contributed by atoms with Gasteiger partial charge in [0.2, 0.25) is 0 Å². The molecule has 0 atom stereocenters. The molecule has 0 saturated carbocycles. The van der Waals surface area contributed by atoms with E-state index in [1.807, 2.05) is 12.1 Å². The summed E-state index contributed by atoms with van der Waals surface area (Å²) in [5.74, 6) is 0.806. The predicted octanol–water partition coefficient (Wildman–Crippen LogP) is 3.80. The Bertz CT molecular complexity index is 732. The second kappa shape index (κ2) is 6.37. The molecule has 0 amide bonds. The molecular weight excluding hydrogens is 282 g/mol. The molecule has 110 valence electrons. The van der Waals surface area contributed by atoms with Gasteiger partial charge in [0.15, 0.2) is 10.8 Å². The molecule has 21 heavy (non-hydrogen) atoms. The third-order valence-corrected chi connectivity index (χ3v) is 4.29. The molecule has 0 unspecified atom stereocenters. The lowest BCUT2D eigenvalue weighted by Gasteiger charge is -1.98. The number of rotatable bonds is 6. The highest BCUT2D eigenvalue weighted by atomic mass is 32.1. The monoisotopic (exact) mass is 301 g/mol. The summed E-state index contributed by atoms with van der Waals surface area (Å²) in [5, 5.41) is 14.9. The first-order chi connectivity index (χ1) is 10.3. The molecule has 1 N–H and O–H groups in total. The van der Waals surface area contributed by atoms with Crippen LogP contribution in [0.5, 0.6) is 0 Å². The summed E-state index contributed by atoms with van der Waals surface area (Å²) in [5.41, 5.74) is 2.13. The number of hydrogen-bond acceptors (Lipinski definition) is 5. The van der Waals surface area contributed by atoms with E-state index in [9.17, 15) is 0 Å². The van der Waals surface area contributed by atoms with Crippen molar-refractivity contribution in [1.82, 2.24) is 15.5 Å². The van der Waals surface area contributed by atoms with Crippen LogP contribution in [0, 0.1) is 6.92 Å². The number of nitrogens with one attached hydrogen (secondary N) is 1. The lowest BCUT2D eigenvalue weighted by molar-refractivity contribution is 0.629. The largest absolute Gasteiger partial charge is 0.453 e. The minimum absolute atomic E-state index is 0.806. The topological polar surface area (TPSA) is 51.0 Å². The van der Waals surface area contributed by atoms with Crippen LogP contribution in [-0.4, -0.2) is 23.3 Å². The molecule has 3 rings (SSSR count). The molecule has 0 aliphatic carbocycles. The van der Waals surface area contributed by atoms with Gasteiger partial charge in [-0.15, -0.1) is 10.2 Å². The Labute approximate surface area is 128 Å². The van der Waals surface area contributed by atoms with Crippen molar-refractivity contribution in [3.05, 3.63) is 34.8 Å². The summed E-state index contributed by atoms with van der Waals surface area (Å²) < 4.78 is 5.86. The predicted molar refractivity (Wildman–Crippen MR) is 86.7 cm³/mol. The highest BCUT2D eigenvalue weighted by Crippen LogP contribution is 2.30. The summed E-state index contributed by atoms with van der Waals surface area (Å²) in [4.78, 5) is 0. The van der Waals surface area contributed by atoms with Crippen LogP contribution in [0.2, 0.25) is 0 Å². The van der Waals surface area contributed by atoms with E-state index in [-0.39, 0.29) is 0 Å². The molecule has 5 heteroatoms. The molecule has 0 fully saturated rings. The first kappa shape index (κ1) is 14.2. The summed E-state index contributed by atoms with van der Waals surface area (Å²) in [6.45, 7) is 6.24. The second-order valence-corrected chi connectivity index (χ2v) is 6.21. The van der Waals surface area contributed by atoms with Crippen molar-refractivity contribution in [2.75, 3.05) is 13.1 Å². The quantitative estimate of drug-likeness (QED) is 0.704. The molecule has 3 aromatic rings. The molecule has 2 aromatic heterocycles. The average molecular weight is 301 g/mol. The summed E-state index contributed by atoms with van der Waals surface area (Å²) >= 11 is 1.61. The normalized spacial score (nSPS) is 11.3. The number of aromatic nitrogens is 2. The zero-order valence-corrected chi connectivity index (χ0v) is 13.2. The number of benzene rings is 1. The smallest absolute Gasteiger partial charge is 0.183 e. The number of aryl methyl sites for hydroxylation is 1. The van der Waals surface area contributed by atoms with Crippen molar-refractivity contribution in [3.8, 4) is 10.8 Å². The van der Waals surface area contributed by atoms with Gasteiger partial charge in [0.05, 0.1) is 0 Å². The zero-order chi connectivity index (χ0) is 14.7. The van der Waals surface area contributed by atoms with Crippen LogP contribution in [-0.2, 0) is 6.42 Å². The maximum Gasteiger partial charge on any atom is 0.183 e. The molecule has 1 aromatic carbocycles. The van der Waals surface area contributed by atoms with Gasteiger partial charge in [0.1, 0.15) is 10.6 Å². The van der Waals surface area contributed by atoms with Gasteiger partial charge in [-0.25, -0.2) is 0 Å². The van der Waals surface area contributed by atoms with Gasteiger partial charge in [-0.05, 0) is 38.1 Å². The first-order valence-corrected chi connectivity index (χ1v) is 8.11. The average Bonchev–Trinajstić information content (AvgIpc) is 3.09. The molecule has 4 nitrogen and oxygen atoms in total. The van der Waals surface area contributed by atoms with E-state index in [1.54, 1.807) is 11.3 Å². The molecule has 2 heterocycles. The van der Waals surface area contributed by atoms with E-state index in [0.29, 0.717) is 0 Å². The van der Waals surface area contributed by atoms with E-state index in [4.69, 9.17) is 4.42 Å². The van der Waals surface area contributed by atoms with Gasteiger partial charge in [0.25, 0.3) is 0 Å². The van der Waals surface area contributed by atoms with Crippen LogP contribution in [0.25, 0.3) is 21.7 Å². The minimum Gasteiger partial charge on any atom is -0.453 e. The molecule has 0 spiro atoms. The molecule has 0 radical (unpaired) electrons. The fraction of sp³-hybridized carbons (Fsp3) is 0.375. The lowest BCUT2D eigenvalue weighted by Crippen LogP contribution is -2.17. The maximum absolute atomic E-state index is 5.86. The van der Waals surface area contributed by atoms with Crippen molar-refractivity contribution in [2.45, 2.75) is 26.7 Å². The van der Waals surface area contributed by atoms with E-state index in [1.165, 1.54) is 5.56 Å². The SMILES string of the molecule is CCCNCCc1nnc(-c2cc3cc(C)ccc3o2)s1. The van der Waals surface area contributed by atoms with Gasteiger partial charge < -0.3 is 9.73 Å². The van der Waals surface area contributed by atoms with Gasteiger partial charge in [0, 0.05) is 18.4 Å². The van der Waals surface area contributed by atoms with Crippen molar-refractivity contribution >= 4 is 22.3 Å². The summed E-state index contributed by atoms with van der Waals surface area (Å²) in [7, 11) is 0. The Morgan fingerprint density at radius 1 is 1.19 bits per heavy atom. The Morgan fingerprint density at radius 3 is 2.95 bits per heavy atom. The lowest BCUT2D eigenvalue weighted by atomic mass is 10.2. The molecular formula is C16H19N3OS. The van der Waals surface area contributed by atoms with Crippen molar-refractivity contribution < 1.29 is 4.42 Å². The van der Waals surface area contributed by atoms with Crippen molar-refractivity contribution in [1.29, 1.82) is 0 Å². The number of furan rings is 1. The van der Waals surface area contributed by atoms with E-state index in [2.05, 4.69) is 41.5 Å². The van der Waals surface area contributed by atoms with Crippen LogP contribution in [0.3, 0.4) is 0 Å². The first-order valence-electron chi connectivity index (χ1n) is 7.30. The fourth-order valence-electron chi connectivity index (χ4n) is 2.22. The third-order valence-electron chi connectivity index (χ3n) is 3.29. The van der Waals surface area contributed by atoms with E-state index >= 15 is 0 Å². The number of fused-ring (bicyclic) bond motifs is 1. The third kappa shape index (κ3) is 3.31. The molecule has 0 aliphatic rings. The van der Waals surface area contributed by atoms with Crippen molar-refractivity contribution in [2.24, 2.45) is 0 Å². The highest BCUT2D eigenvalue weighted by Gasteiger charge is 2.11. The van der Waals surface area contributed by atoms with Gasteiger partial charge in [-0.3, -0.25) is 0 Å². The van der Waals surface area contributed by atoms with Crippen LogP contribution >= 0.6 is 11.3 Å². The van der Waals surface area contributed by atoms with Crippen molar-refractivity contribution in [3.63, 3.8) is 0 Å². The molecule has 0 aliphatic heterocycles. The number of hydrogen-bond donors (Lipinski definition) is 1.